The van der Waals surface area contributed by atoms with E-state index in [0.29, 0.717) is 16.5 Å². The van der Waals surface area contributed by atoms with E-state index >= 15 is 0 Å². The maximum atomic E-state index is 9.40. The Morgan fingerprint density at radius 3 is 2.85 bits per heavy atom. The number of phenolic OH excluding ortho intramolecular Hbond substituents is 1. The van der Waals surface area contributed by atoms with Crippen LogP contribution in [0.5, 0.6) is 5.75 Å². The topological polar surface area (TPSA) is 62.2 Å². The lowest BCUT2D eigenvalue weighted by Crippen LogP contribution is -1.82. The van der Waals surface area contributed by atoms with Crippen LogP contribution in [-0.4, -0.2) is 14.5 Å². The van der Waals surface area contributed by atoms with E-state index < -0.39 is 0 Å². The van der Waals surface area contributed by atoms with Crippen LogP contribution in [0.2, 0.25) is 5.02 Å². The highest BCUT2D eigenvalue weighted by atomic mass is 35.5. The van der Waals surface area contributed by atoms with Gasteiger partial charge >= 0.3 is 0 Å². The van der Waals surface area contributed by atoms with Crippen molar-refractivity contribution in [3.8, 4) is 5.75 Å². The minimum Gasteiger partial charge on any atom is -0.508 e. The van der Waals surface area contributed by atoms with Crippen LogP contribution < -0.4 is 0 Å². The van der Waals surface area contributed by atoms with Crippen LogP contribution in [0.3, 0.4) is 0 Å². The molecule has 3 aromatic rings. The average molecular weight is 287 g/mol. The molecule has 5 nitrogen and oxygen atoms in total. The van der Waals surface area contributed by atoms with E-state index in [1.807, 2.05) is 13.0 Å². The molecule has 6 heteroatoms. The molecule has 1 N–H and O–H groups in total. The summed E-state index contributed by atoms with van der Waals surface area (Å²) in [5.41, 5.74) is 2.09. The highest BCUT2D eigenvalue weighted by molar-refractivity contribution is 6.30. The van der Waals surface area contributed by atoms with E-state index in [1.165, 1.54) is 6.07 Å². The molecule has 0 atom stereocenters. The zero-order valence-corrected chi connectivity index (χ0v) is 11.4. The first kappa shape index (κ1) is 12.6. The molecule has 20 heavy (non-hydrogen) atoms. The van der Waals surface area contributed by atoms with Crippen molar-refractivity contribution in [1.29, 1.82) is 0 Å². The van der Waals surface area contributed by atoms with Crippen LogP contribution in [-0.2, 0) is 0 Å². The molecule has 0 aliphatic rings. The van der Waals surface area contributed by atoms with Gasteiger partial charge in [-0.3, -0.25) is 4.40 Å². The zero-order valence-electron chi connectivity index (χ0n) is 10.7. The Hall–Kier alpha value is -2.40. The second-order valence-electron chi connectivity index (χ2n) is 4.32. The largest absolute Gasteiger partial charge is 0.508 e. The van der Waals surface area contributed by atoms with E-state index in [1.54, 1.807) is 34.9 Å². The van der Waals surface area contributed by atoms with Crippen molar-refractivity contribution < 1.29 is 5.11 Å². The molecule has 100 valence electrons. The summed E-state index contributed by atoms with van der Waals surface area (Å²) in [7, 11) is 0. The lowest BCUT2D eigenvalue weighted by atomic mass is 10.3. The quantitative estimate of drug-likeness (QED) is 0.709. The molecule has 0 saturated heterocycles. The first-order valence-electron chi connectivity index (χ1n) is 5.98. The number of imidazole rings is 1. The normalized spacial score (nSPS) is 11.5. The number of halogens is 1. The van der Waals surface area contributed by atoms with E-state index in [-0.39, 0.29) is 5.75 Å². The van der Waals surface area contributed by atoms with Gasteiger partial charge in [0.15, 0.2) is 5.82 Å². The fourth-order valence-corrected chi connectivity index (χ4v) is 2.07. The average Bonchev–Trinajstić information content (AvgIpc) is 2.72. The number of aryl methyl sites for hydroxylation is 1. The maximum absolute atomic E-state index is 9.40. The van der Waals surface area contributed by atoms with Gasteiger partial charge in [0.05, 0.1) is 16.4 Å². The Kier molecular flexibility index (Phi) is 3.12. The second-order valence-corrected chi connectivity index (χ2v) is 4.75. The van der Waals surface area contributed by atoms with Crippen molar-refractivity contribution in [2.24, 2.45) is 10.2 Å². The minimum atomic E-state index is 0.152. The SMILES string of the molecule is Cc1nc2ccc(Cl)cn2c1N=Nc1cccc(O)c1. The Balaban J connectivity index is 2.06. The molecular weight excluding hydrogens is 276 g/mol. The number of phenols is 1. The number of aromatic nitrogens is 2. The summed E-state index contributed by atoms with van der Waals surface area (Å²) in [5.74, 6) is 0.769. The number of pyridine rings is 1. The molecule has 0 aliphatic carbocycles. The minimum absolute atomic E-state index is 0.152. The number of hydrogen-bond acceptors (Lipinski definition) is 4. The highest BCUT2D eigenvalue weighted by Gasteiger charge is 2.08. The fourth-order valence-electron chi connectivity index (χ4n) is 1.90. The lowest BCUT2D eigenvalue weighted by Gasteiger charge is -1.97. The third-order valence-electron chi connectivity index (χ3n) is 2.81. The monoisotopic (exact) mass is 286 g/mol. The molecule has 0 fully saturated rings. The Bertz CT molecular complexity index is 810. The van der Waals surface area contributed by atoms with Gasteiger partial charge in [-0.15, -0.1) is 10.2 Å². The molecule has 0 bridgehead atoms. The number of azo groups is 1. The summed E-state index contributed by atoms with van der Waals surface area (Å²) in [6.45, 7) is 1.86. The molecule has 0 amide bonds. The zero-order chi connectivity index (χ0) is 14.1. The molecular formula is C14H11ClN4O. The van der Waals surface area contributed by atoms with Crippen LogP contribution in [0.15, 0.2) is 52.8 Å². The van der Waals surface area contributed by atoms with Crippen LogP contribution in [0, 0.1) is 6.92 Å². The van der Waals surface area contributed by atoms with Gasteiger partial charge in [0.25, 0.3) is 0 Å². The Labute approximate surface area is 120 Å². The highest BCUT2D eigenvalue weighted by Crippen LogP contribution is 2.26. The van der Waals surface area contributed by atoms with Crippen molar-refractivity contribution in [2.45, 2.75) is 6.92 Å². The van der Waals surface area contributed by atoms with E-state index in [2.05, 4.69) is 15.2 Å². The van der Waals surface area contributed by atoms with Crippen LogP contribution in [0.1, 0.15) is 5.69 Å². The van der Waals surface area contributed by atoms with Crippen LogP contribution in [0.25, 0.3) is 5.65 Å². The predicted molar refractivity (Wildman–Crippen MR) is 77.2 cm³/mol. The summed E-state index contributed by atoms with van der Waals surface area (Å²) >= 11 is 5.98. The molecule has 3 rings (SSSR count). The number of rotatable bonds is 2. The van der Waals surface area contributed by atoms with E-state index in [0.717, 1.165) is 11.3 Å². The molecule has 0 radical (unpaired) electrons. The standard InChI is InChI=1S/C14H11ClN4O/c1-9-14(18-17-11-3-2-4-12(20)7-11)19-8-10(15)5-6-13(19)16-9/h2-8,20H,1H3. The van der Waals surface area contributed by atoms with Crippen LogP contribution in [0.4, 0.5) is 11.5 Å². The van der Waals surface area contributed by atoms with Gasteiger partial charge in [-0.1, -0.05) is 17.7 Å². The number of nitrogens with zero attached hydrogens (tertiary/aromatic N) is 4. The van der Waals surface area contributed by atoms with Gasteiger partial charge in [0, 0.05) is 12.3 Å². The van der Waals surface area contributed by atoms with Gasteiger partial charge < -0.3 is 5.11 Å². The smallest absolute Gasteiger partial charge is 0.182 e. The summed E-state index contributed by atoms with van der Waals surface area (Å²) in [6.07, 6.45) is 1.74. The number of hydrogen-bond donors (Lipinski definition) is 1. The first-order chi connectivity index (χ1) is 9.63. The van der Waals surface area contributed by atoms with Gasteiger partial charge in [-0.2, -0.15) is 0 Å². The summed E-state index contributed by atoms with van der Waals surface area (Å²) in [4.78, 5) is 4.39. The molecule has 0 saturated carbocycles. The molecule has 0 spiro atoms. The molecule has 1 aromatic carbocycles. The summed E-state index contributed by atoms with van der Waals surface area (Å²) in [6, 6.07) is 10.2. The molecule has 0 unspecified atom stereocenters. The third kappa shape index (κ3) is 2.35. The van der Waals surface area contributed by atoms with E-state index in [4.69, 9.17) is 11.6 Å². The maximum Gasteiger partial charge on any atom is 0.182 e. The number of benzene rings is 1. The third-order valence-corrected chi connectivity index (χ3v) is 3.04. The van der Waals surface area contributed by atoms with Gasteiger partial charge in [-0.05, 0) is 31.2 Å². The van der Waals surface area contributed by atoms with Crippen LogP contribution >= 0.6 is 11.6 Å². The van der Waals surface area contributed by atoms with Gasteiger partial charge in [0.1, 0.15) is 11.4 Å². The molecule has 2 aromatic heterocycles. The second kappa shape index (κ2) is 4.94. The Morgan fingerprint density at radius 1 is 1.20 bits per heavy atom. The lowest BCUT2D eigenvalue weighted by molar-refractivity contribution is 0.475. The fraction of sp³-hybridized carbons (Fsp3) is 0.0714. The van der Waals surface area contributed by atoms with Crippen molar-refractivity contribution in [3.05, 3.63) is 53.3 Å². The molecule has 0 aliphatic heterocycles. The Morgan fingerprint density at radius 2 is 2.05 bits per heavy atom. The summed E-state index contributed by atoms with van der Waals surface area (Å²) < 4.78 is 1.78. The number of fused-ring (bicyclic) bond motifs is 1. The van der Waals surface area contributed by atoms with Crippen molar-refractivity contribution in [2.75, 3.05) is 0 Å². The predicted octanol–water partition coefficient (Wildman–Crippen LogP) is 4.42. The van der Waals surface area contributed by atoms with E-state index in [9.17, 15) is 5.11 Å². The molecule has 2 heterocycles. The summed E-state index contributed by atoms with van der Waals surface area (Å²) in [5, 5.41) is 18.3. The van der Waals surface area contributed by atoms with Crippen molar-refractivity contribution >= 4 is 28.8 Å². The van der Waals surface area contributed by atoms with Gasteiger partial charge in [-0.25, -0.2) is 4.98 Å². The van der Waals surface area contributed by atoms with Crippen molar-refractivity contribution in [3.63, 3.8) is 0 Å². The number of aromatic hydroxyl groups is 1. The van der Waals surface area contributed by atoms with Gasteiger partial charge in [0.2, 0.25) is 0 Å². The van der Waals surface area contributed by atoms with Crippen molar-refractivity contribution in [1.82, 2.24) is 9.38 Å². The first-order valence-corrected chi connectivity index (χ1v) is 6.36.